The molecule has 1 saturated heterocycles. The Morgan fingerprint density at radius 1 is 1.34 bits per heavy atom. The minimum atomic E-state index is -0.388. The molecule has 1 spiro atoms. The van der Waals surface area contributed by atoms with Crippen molar-refractivity contribution in [2.24, 2.45) is 5.41 Å². The van der Waals surface area contributed by atoms with Crippen molar-refractivity contribution in [3.63, 3.8) is 0 Å². The summed E-state index contributed by atoms with van der Waals surface area (Å²) >= 11 is 6.11. The molecule has 0 aliphatic carbocycles. The molecule has 172 valence electrons. The number of fused-ring (bicyclic) bond motifs is 1. The monoisotopic (exact) mass is 459 g/mol. The second-order valence-electron chi connectivity index (χ2n) is 8.77. The minimum absolute atomic E-state index is 0.0130. The lowest BCUT2D eigenvalue weighted by Gasteiger charge is -2.36. The molecule has 2 aromatic rings. The molecule has 3 heterocycles. The molecule has 32 heavy (non-hydrogen) atoms. The Kier molecular flexibility index (Phi) is 6.86. The van der Waals surface area contributed by atoms with Gasteiger partial charge in [-0.05, 0) is 55.7 Å². The van der Waals surface area contributed by atoms with E-state index in [1.807, 2.05) is 18.5 Å². The van der Waals surface area contributed by atoms with Gasteiger partial charge < -0.3 is 14.8 Å². The maximum absolute atomic E-state index is 12.9. The van der Waals surface area contributed by atoms with Crippen LogP contribution in [-0.2, 0) is 28.9 Å². The van der Waals surface area contributed by atoms with Crippen molar-refractivity contribution in [1.29, 1.82) is 0 Å². The molecule has 0 atom stereocenters. The maximum atomic E-state index is 12.9. The van der Waals surface area contributed by atoms with Crippen LogP contribution >= 0.6 is 11.6 Å². The maximum Gasteiger partial charge on any atom is 0.338 e. The van der Waals surface area contributed by atoms with Crippen molar-refractivity contribution in [3.05, 3.63) is 51.3 Å². The number of carbonyl (C=O) groups is 2. The smallest absolute Gasteiger partial charge is 0.338 e. The first-order chi connectivity index (χ1) is 15.4. The van der Waals surface area contributed by atoms with Gasteiger partial charge in [0, 0.05) is 37.7 Å². The lowest BCUT2D eigenvalue weighted by atomic mass is 9.76. The van der Waals surface area contributed by atoms with Gasteiger partial charge in [-0.1, -0.05) is 24.6 Å². The van der Waals surface area contributed by atoms with E-state index in [2.05, 4.69) is 5.32 Å². The van der Waals surface area contributed by atoms with Crippen LogP contribution in [0, 0.1) is 12.3 Å². The summed E-state index contributed by atoms with van der Waals surface area (Å²) < 4.78 is 13.0. The second-order valence-corrected chi connectivity index (χ2v) is 9.18. The Hall–Kier alpha value is -2.38. The number of ether oxygens (including phenoxy) is 2. The van der Waals surface area contributed by atoms with Crippen molar-refractivity contribution in [1.82, 2.24) is 15.1 Å². The summed E-state index contributed by atoms with van der Waals surface area (Å²) in [6.07, 6.45) is 3.97. The fraction of sp³-hybridized carbons (Fsp3) is 0.542. The molecule has 1 aromatic heterocycles. The highest BCUT2D eigenvalue weighted by atomic mass is 35.5. The third-order valence-corrected chi connectivity index (χ3v) is 6.97. The highest BCUT2D eigenvalue weighted by molar-refractivity contribution is 6.31. The normalized spacial score (nSPS) is 17.5. The number of aryl methyl sites for hydroxylation is 3. The van der Waals surface area contributed by atoms with Crippen LogP contribution in [0.2, 0.25) is 5.02 Å². The zero-order valence-electron chi connectivity index (χ0n) is 18.7. The summed E-state index contributed by atoms with van der Waals surface area (Å²) in [5.74, 6) is -0.421. The Morgan fingerprint density at radius 3 is 2.84 bits per heavy atom. The molecule has 7 nitrogen and oxygen atoms in total. The number of nitrogens with one attached hydrogen (secondary N) is 1. The molecule has 1 amide bonds. The molecule has 0 radical (unpaired) electrons. The van der Waals surface area contributed by atoms with Crippen LogP contribution in [-0.4, -0.2) is 48.0 Å². The third kappa shape index (κ3) is 4.69. The van der Waals surface area contributed by atoms with Crippen LogP contribution in [0.5, 0.6) is 0 Å². The average molecular weight is 460 g/mol. The Morgan fingerprint density at radius 2 is 2.12 bits per heavy atom. The van der Waals surface area contributed by atoms with Gasteiger partial charge in [0.05, 0.1) is 29.1 Å². The molecule has 0 unspecified atom stereocenters. The van der Waals surface area contributed by atoms with Crippen molar-refractivity contribution in [2.75, 3.05) is 26.4 Å². The first-order valence-corrected chi connectivity index (χ1v) is 11.7. The summed E-state index contributed by atoms with van der Waals surface area (Å²) in [6.45, 7) is 6.88. The topological polar surface area (TPSA) is 82.5 Å². The molecule has 0 bridgehead atoms. The number of amides is 1. The van der Waals surface area contributed by atoms with Gasteiger partial charge in [-0.15, -0.1) is 0 Å². The van der Waals surface area contributed by atoms with Crippen LogP contribution in [0.3, 0.4) is 0 Å². The van der Waals surface area contributed by atoms with Crippen molar-refractivity contribution < 1.29 is 19.1 Å². The number of carbonyl (C=O) groups excluding carboxylic acids is 2. The molecule has 0 saturated carbocycles. The molecule has 2 aliphatic rings. The number of benzene rings is 1. The summed E-state index contributed by atoms with van der Waals surface area (Å²) in [7, 11) is 0. The fourth-order valence-corrected chi connectivity index (χ4v) is 4.72. The Labute approximate surface area is 193 Å². The molecular weight excluding hydrogens is 430 g/mol. The number of nitrogens with zero attached hydrogens (tertiary/aromatic N) is 2. The first kappa shape index (κ1) is 22.8. The van der Waals surface area contributed by atoms with Crippen molar-refractivity contribution in [3.8, 4) is 0 Å². The number of aromatic nitrogens is 2. The van der Waals surface area contributed by atoms with Crippen molar-refractivity contribution in [2.45, 2.75) is 52.5 Å². The fourth-order valence-electron chi connectivity index (χ4n) is 4.54. The van der Waals surface area contributed by atoms with Gasteiger partial charge in [-0.2, -0.15) is 5.10 Å². The number of halogens is 1. The summed E-state index contributed by atoms with van der Waals surface area (Å²) in [6, 6.07) is 5.16. The zero-order chi connectivity index (χ0) is 22.7. The van der Waals surface area contributed by atoms with Crippen LogP contribution in [0.4, 0.5) is 0 Å². The van der Waals surface area contributed by atoms with E-state index in [-0.39, 0.29) is 23.9 Å². The van der Waals surface area contributed by atoms with E-state index in [1.54, 1.807) is 18.2 Å². The molecule has 1 fully saturated rings. The standard InChI is InChI=1S/C24H30ClN3O4/c1-3-19-21-20(14-24(15-26-22(21)29)7-11-31-12-8-24)28(27-19)9-4-10-32-23(30)17-6-5-16(2)18(25)13-17/h5-6,13H,3-4,7-12,14-15H2,1-2H3,(H,26,29). The van der Waals surface area contributed by atoms with Gasteiger partial charge in [-0.3, -0.25) is 9.48 Å². The predicted octanol–water partition coefficient (Wildman–Crippen LogP) is 3.74. The lowest BCUT2D eigenvalue weighted by molar-refractivity contribution is 0.0152. The Balaban J connectivity index is 1.44. The largest absolute Gasteiger partial charge is 0.462 e. The van der Waals surface area contributed by atoms with Gasteiger partial charge in [0.2, 0.25) is 0 Å². The number of hydrogen-bond acceptors (Lipinski definition) is 5. The van der Waals surface area contributed by atoms with Crippen molar-refractivity contribution >= 4 is 23.5 Å². The summed E-state index contributed by atoms with van der Waals surface area (Å²) in [5.41, 5.74) is 3.92. The molecule has 1 N–H and O–H groups in total. The predicted molar refractivity (Wildman–Crippen MR) is 121 cm³/mol. The first-order valence-electron chi connectivity index (χ1n) is 11.3. The van der Waals surface area contributed by atoms with Gasteiger partial charge in [0.1, 0.15) is 0 Å². The quantitative estimate of drug-likeness (QED) is 0.525. The van der Waals surface area contributed by atoms with Gasteiger partial charge in [0.25, 0.3) is 5.91 Å². The van der Waals surface area contributed by atoms with E-state index in [9.17, 15) is 9.59 Å². The highest BCUT2D eigenvalue weighted by Crippen LogP contribution is 2.37. The second kappa shape index (κ2) is 9.63. The molecule has 2 aliphatic heterocycles. The Bertz CT molecular complexity index is 1010. The number of hydrogen-bond donors (Lipinski definition) is 1. The SMILES string of the molecule is CCc1nn(CCCOC(=O)c2ccc(C)c(Cl)c2)c2c1C(=O)NCC1(CCOCC1)C2. The van der Waals surface area contributed by atoms with Crippen LogP contribution < -0.4 is 5.32 Å². The van der Waals surface area contributed by atoms with E-state index in [4.69, 9.17) is 26.2 Å². The van der Waals surface area contributed by atoms with Crippen LogP contribution in [0.15, 0.2) is 18.2 Å². The number of rotatable bonds is 6. The molecule has 8 heteroatoms. The highest BCUT2D eigenvalue weighted by Gasteiger charge is 2.39. The van der Waals surface area contributed by atoms with Crippen LogP contribution in [0.25, 0.3) is 0 Å². The molecule has 1 aromatic carbocycles. The van der Waals surface area contributed by atoms with E-state index < -0.39 is 0 Å². The lowest BCUT2D eigenvalue weighted by Crippen LogP contribution is -2.40. The summed E-state index contributed by atoms with van der Waals surface area (Å²) in [4.78, 5) is 25.2. The van der Waals surface area contributed by atoms with Gasteiger partial charge >= 0.3 is 5.97 Å². The summed E-state index contributed by atoms with van der Waals surface area (Å²) in [5, 5.41) is 8.42. The van der Waals surface area contributed by atoms with Gasteiger partial charge in [0.15, 0.2) is 0 Å². The van der Waals surface area contributed by atoms with E-state index in [1.165, 1.54) is 0 Å². The van der Waals surface area contributed by atoms with E-state index >= 15 is 0 Å². The number of esters is 1. The average Bonchev–Trinajstić information content (AvgIpc) is 3.07. The molecular formula is C24H30ClN3O4. The van der Waals surface area contributed by atoms with E-state index in [0.717, 1.165) is 55.0 Å². The minimum Gasteiger partial charge on any atom is -0.462 e. The third-order valence-electron chi connectivity index (χ3n) is 6.57. The zero-order valence-corrected chi connectivity index (χ0v) is 19.5. The molecule has 4 rings (SSSR count). The van der Waals surface area contributed by atoms with Gasteiger partial charge in [-0.25, -0.2) is 4.79 Å². The van der Waals surface area contributed by atoms with E-state index in [0.29, 0.717) is 36.5 Å². The van der Waals surface area contributed by atoms with Crippen LogP contribution in [0.1, 0.15) is 63.9 Å².